The molecule has 1 saturated heterocycles. The van der Waals surface area contributed by atoms with E-state index in [1.807, 2.05) is 77.1 Å². The predicted octanol–water partition coefficient (Wildman–Crippen LogP) is 4.98. The van der Waals surface area contributed by atoms with Crippen LogP contribution < -0.4 is 0 Å². The Hall–Kier alpha value is -3.39. The van der Waals surface area contributed by atoms with Crippen molar-refractivity contribution in [1.29, 1.82) is 0 Å². The maximum absolute atomic E-state index is 13.1. The number of carbonyl (C=O) groups excluding carboxylic acids is 2. The highest BCUT2D eigenvalue weighted by atomic mass is 16.6. The lowest BCUT2D eigenvalue weighted by Crippen LogP contribution is -2.51. The van der Waals surface area contributed by atoms with Gasteiger partial charge in [0.2, 0.25) is 0 Å². The molecule has 0 aromatic heterocycles. The van der Waals surface area contributed by atoms with Crippen LogP contribution in [0, 0.1) is 5.92 Å². The lowest BCUT2D eigenvalue weighted by Gasteiger charge is -2.35. The largest absolute Gasteiger partial charge is 0.479 e. The van der Waals surface area contributed by atoms with Gasteiger partial charge in [-0.05, 0) is 56.4 Å². The molecule has 2 aromatic rings. The highest BCUT2D eigenvalue weighted by Gasteiger charge is 2.29. The summed E-state index contributed by atoms with van der Waals surface area (Å²) in [6.45, 7) is 11.1. The number of hydrogen-bond acceptors (Lipinski definition) is 5. The van der Waals surface area contributed by atoms with E-state index in [4.69, 9.17) is 9.47 Å². The molecule has 1 fully saturated rings. The Kier molecular flexibility index (Phi) is 9.32. The molecule has 8 nitrogen and oxygen atoms in total. The number of benzene rings is 2. The Morgan fingerprint density at radius 1 is 0.865 bits per heavy atom. The average molecular weight is 511 g/mol. The number of rotatable bonds is 8. The summed E-state index contributed by atoms with van der Waals surface area (Å²) in [4.78, 5) is 40.7. The number of amides is 2. The molecule has 1 N–H and O–H groups in total. The van der Waals surface area contributed by atoms with Gasteiger partial charge in [0.25, 0.3) is 5.91 Å². The molecule has 0 spiro atoms. The fraction of sp³-hybridized carbons (Fsp3) is 0.483. The van der Waals surface area contributed by atoms with Gasteiger partial charge in [0, 0.05) is 31.7 Å². The van der Waals surface area contributed by atoms with Crippen molar-refractivity contribution in [2.45, 2.75) is 58.8 Å². The molecule has 2 amide bonds. The molecule has 1 aliphatic rings. The highest BCUT2D eigenvalue weighted by molar-refractivity contribution is 5.94. The molecule has 2 aromatic carbocycles. The quantitative estimate of drug-likeness (QED) is 0.538. The van der Waals surface area contributed by atoms with Gasteiger partial charge in [-0.15, -0.1) is 0 Å². The number of carboxylic acids is 1. The second-order valence-electron chi connectivity index (χ2n) is 10.8. The zero-order valence-corrected chi connectivity index (χ0v) is 22.3. The lowest BCUT2D eigenvalue weighted by atomic mass is 9.98. The maximum atomic E-state index is 13.1. The van der Waals surface area contributed by atoms with Crippen molar-refractivity contribution in [3.63, 3.8) is 0 Å². The van der Waals surface area contributed by atoms with Crippen molar-refractivity contribution in [2.75, 3.05) is 26.2 Å². The second-order valence-corrected chi connectivity index (χ2v) is 10.8. The molecule has 0 bridgehead atoms. The molecular weight excluding hydrogens is 472 g/mol. The summed E-state index contributed by atoms with van der Waals surface area (Å²) in [6.07, 6.45) is -1.51. The topological polar surface area (TPSA) is 96.4 Å². The number of carboxylic acid groups (broad SMARTS) is 1. The van der Waals surface area contributed by atoms with Gasteiger partial charge in [0.1, 0.15) is 11.7 Å². The predicted molar refractivity (Wildman–Crippen MR) is 140 cm³/mol. The van der Waals surface area contributed by atoms with E-state index in [-0.39, 0.29) is 17.9 Å². The van der Waals surface area contributed by atoms with Gasteiger partial charge in [-0.3, -0.25) is 4.79 Å². The third-order valence-corrected chi connectivity index (χ3v) is 6.04. The van der Waals surface area contributed by atoms with E-state index in [9.17, 15) is 19.5 Å². The number of nitrogens with zero attached hydrogens (tertiary/aromatic N) is 2. The van der Waals surface area contributed by atoms with Gasteiger partial charge in [0.05, 0.1) is 0 Å². The minimum atomic E-state index is -0.994. The molecule has 2 atom stereocenters. The Labute approximate surface area is 219 Å². The SMILES string of the molecule is CC(C)CC(OC(c1ccccc1)c1ccc(C(=O)N2CCN(C(=O)OC(C)(C)C)CC2)cc1)C(=O)O. The number of carbonyl (C=O) groups is 3. The molecule has 0 aliphatic carbocycles. The van der Waals surface area contributed by atoms with Crippen LogP contribution in [0.2, 0.25) is 0 Å². The molecule has 1 heterocycles. The van der Waals surface area contributed by atoms with Crippen molar-refractivity contribution in [2.24, 2.45) is 5.92 Å². The fourth-order valence-corrected chi connectivity index (χ4v) is 4.19. The molecule has 200 valence electrons. The summed E-state index contributed by atoms with van der Waals surface area (Å²) >= 11 is 0. The van der Waals surface area contributed by atoms with Gasteiger partial charge in [-0.2, -0.15) is 0 Å². The zero-order valence-electron chi connectivity index (χ0n) is 22.3. The molecule has 0 saturated carbocycles. The summed E-state index contributed by atoms with van der Waals surface area (Å²) in [5, 5.41) is 9.73. The van der Waals surface area contributed by atoms with Crippen molar-refractivity contribution in [3.05, 3.63) is 71.3 Å². The standard InChI is InChI=1S/C29H38N2O6/c1-20(2)19-24(27(33)34)36-25(21-9-7-6-8-10-21)22-11-13-23(14-12-22)26(32)30-15-17-31(18-16-30)28(35)37-29(3,4)5/h6-14,20,24-25H,15-19H2,1-5H3,(H,33,34). The Bertz CT molecular complexity index is 1050. The van der Waals surface area contributed by atoms with Crippen LogP contribution in [0.5, 0.6) is 0 Å². The normalized spacial score (nSPS) is 15.8. The van der Waals surface area contributed by atoms with E-state index < -0.39 is 23.8 Å². The van der Waals surface area contributed by atoms with E-state index in [0.29, 0.717) is 38.2 Å². The number of aliphatic carboxylic acids is 1. The van der Waals surface area contributed by atoms with E-state index >= 15 is 0 Å². The highest BCUT2D eigenvalue weighted by Crippen LogP contribution is 2.29. The smallest absolute Gasteiger partial charge is 0.410 e. The van der Waals surface area contributed by atoms with E-state index in [1.165, 1.54) is 0 Å². The minimum Gasteiger partial charge on any atom is -0.479 e. The van der Waals surface area contributed by atoms with Crippen LogP contribution in [0.25, 0.3) is 0 Å². The molecule has 37 heavy (non-hydrogen) atoms. The van der Waals surface area contributed by atoms with Crippen molar-refractivity contribution < 1.29 is 29.0 Å². The van der Waals surface area contributed by atoms with E-state index in [2.05, 4.69) is 0 Å². The van der Waals surface area contributed by atoms with Crippen LogP contribution in [-0.4, -0.2) is 70.8 Å². The van der Waals surface area contributed by atoms with Gasteiger partial charge in [-0.25, -0.2) is 9.59 Å². The molecule has 0 radical (unpaired) electrons. The average Bonchev–Trinajstić information content (AvgIpc) is 2.85. The third kappa shape index (κ3) is 8.05. The Balaban J connectivity index is 1.71. The van der Waals surface area contributed by atoms with Crippen LogP contribution in [0.4, 0.5) is 4.79 Å². The first kappa shape index (κ1) is 28.2. The van der Waals surface area contributed by atoms with Crippen LogP contribution in [0.3, 0.4) is 0 Å². The van der Waals surface area contributed by atoms with Crippen molar-refractivity contribution in [1.82, 2.24) is 9.80 Å². The van der Waals surface area contributed by atoms with Crippen molar-refractivity contribution in [3.8, 4) is 0 Å². The third-order valence-electron chi connectivity index (χ3n) is 6.04. The fourth-order valence-electron chi connectivity index (χ4n) is 4.19. The summed E-state index contributed by atoms with van der Waals surface area (Å²) < 4.78 is 11.6. The number of ether oxygens (including phenoxy) is 2. The summed E-state index contributed by atoms with van der Waals surface area (Å²) in [7, 11) is 0. The number of piperazine rings is 1. The number of hydrogen-bond donors (Lipinski definition) is 1. The first-order valence-electron chi connectivity index (χ1n) is 12.7. The minimum absolute atomic E-state index is 0.115. The van der Waals surface area contributed by atoms with E-state index in [1.54, 1.807) is 21.9 Å². The van der Waals surface area contributed by atoms with Crippen LogP contribution >= 0.6 is 0 Å². The van der Waals surface area contributed by atoms with Gasteiger partial charge in [0.15, 0.2) is 6.10 Å². The first-order valence-corrected chi connectivity index (χ1v) is 12.7. The second kappa shape index (κ2) is 12.2. The van der Waals surface area contributed by atoms with E-state index in [0.717, 1.165) is 11.1 Å². The molecular formula is C29H38N2O6. The van der Waals surface area contributed by atoms with Crippen LogP contribution in [0.1, 0.15) is 68.6 Å². The van der Waals surface area contributed by atoms with Gasteiger partial charge in [-0.1, -0.05) is 56.3 Å². The van der Waals surface area contributed by atoms with Gasteiger partial charge < -0.3 is 24.4 Å². The van der Waals surface area contributed by atoms with Crippen LogP contribution in [-0.2, 0) is 14.3 Å². The molecule has 8 heteroatoms. The summed E-state index contributed by atoms with van der Waals surface area (Å²) in [5.41, 5.74) is 1.58. The van der Waals surface area contributed by atoms with Crippen molar-refractivity contribution >= 4 is 18.0 Å². The maximum Gasteiger partial charge on any atom is 0.410 e. The zero-order chi connectivity index (χ0) is 27.2. The first-order chi connectivity index (χ1) is 17.4. The van der Waals surface area contributed by atoms with Gasteiger partial charge >= 0.3 is 12.1 Å². The Morgan fingerprint density at radius 3 is 1.92 bits per heavy atom. The van der Waals surface area contributed by atoms with Crippen LogP contribution in [0.15, 0.2) is 54.6 Å². The summed E-state index contributed by atoms with van der Waals surface area (Å²) in [5.74, 6) is -0.948. The monoisotopic (exact) mass is 510 g/mol. The molecule has 2 unspecified atom stereocenters. The molecule has 1 aliphatic heterocycles. The molecule has 3 rings (SSSR count). The lowest BCUT2D eigenvalue weighted by molar-refractivity contribution is -0.154. The Morgan fingerprint density at radius 2 is 1.41 bits per heavy atom. The summed E-state index contributed by atoms with van der Waals surface area (Å²) in [6, 6.07) is 16.6.